The van der Waals surface area contributed by atoms with E-state index in [0.29, 0.717) is 22.7 Å². The highest BCUT2D eigenvalue weighted by Gasteiger charge is 2.29. The van der Waals surface area contributed by atoms with E-state index in [4.69, 9.17) is 4.42 Å². The zero-order chi connectivity index (χ0) is 23.2. The van der Waals surface area contributed by atoms with Gasteiger partial charge in [-0.2, -0.15) is 0 Å². The van der Waals surface area contributed by atoms with E-state index in [1.165, 1.54) is 23.2 Å². The number of nitrogens with one attached hydrogen (secondary N) is 3. The molecule has 1 aromatic carbocycles. The van der Waals surface area contributed by atoms with Crippen molar-refractivity contribution >= 4 is 23.4 Å². The van der Waals surface area contributed by atoms with E-state index in [0.717, 1.165) is 12.8 Å². The third-order valence-corrected chi connectivity index (χ3v) is 5.06. The van der Waals surface area contributed by atoms with Crippen LogP contribution in [0.1, 0.15) is 23.2 Å². The van der Waals surface area contributed by atoms with Crippen LogP contribution in [0.3, 0.4) is 0 Å². The summed E-state index contributed by atoms with van der Waals surface area (Å²) in [6, 6.07) is 11.3. The van der Waals surface area contributed by atoms with Gasteiger partial charge >= 0.3 is 0 Å². The maximum absolute atomic E-state index is 12.2. The number of amides is 3. The predicted molar refractivity (Wildman–Crippen MR) is 119 cm³/mol. The van der Waals surface area contributed by atoms with E-state index in [1.54, 1.807) is 36.4 Å². The first kappa shape index (κ1) is 22.0. The molecular formula is C23H23N5O5. The van der Waals surface area contributed by atoms with Gasteiger partial charge in [-0.3, -0.25) is 23.7 Å². The summed E-state index contributed by atoms with van der Waals surface area (Å²) < 4.78 is 6.39. The summed E-state index contributed by atoms with van der Waals surface area (Å²) in [6.07, 6.45) is 4.63. The molecule has 0 aliphatic heterocycles. The van der Waals surface area contributed by atoms with Gasteiger partial charge in [-0.25, -0.2) is 4.98 Å². The molecule has 0 atom stereocenters. The first-order chi connectivity index (χ1) is 16.0. The Bertz CT molecular complexity index is 1200. The Balaban J connectivity index is 1.19. The second-order valence-electron chi connectivity index (χ2n) is 7.66. The molecule has 1 aliphatic rings. The van der Waals surface area contributed by atoms with Crippen molar-refractivity contribution < 1.29 is 18.8 Å². The van der Waals surface area contributed by atoms with Gasteiger partial charge < -0.3 is 20.4 Å². The number of furan rings is 1. The fraction of sp³-hybridized carbons (Fsp3) is 0.261. The molecule has 0 saturated heterocycles. The lowest BCUT2D eigenvalue weighted by molar-refractivity contribution is -0.121. The molecule has 0 bridgehead atoms. The van der Waals surface area contributed by atoms with Crippen LogP contribution < -0.4 is 21.5 Å². The summed E-state index contributed by atoms with van der Waals surface area (Å²) in [6.45, 7) is 0.230. The van der Waals surface area contributed by atoms with Gasteiger partial charge in [0.15, 0.2) is 5.76 Å². The molecule has 0 radical (unpaired) electrons. The first-order valence-electron chi connectivity index (χ1n) is 10.6. The monoisotopic (exact) mass is 449 g/mol. The molecule has 10 heteroatoms. The van der Waals surface area contributed by atoms with Gasteiger partial charge in [0, 0.05) is 36.3 Å². The average Bonchev–Trinajstić information content (AvgIpc) is 3.53. The SMILES string of the molecule is O=C(Cn1cnc(-c2ccco2)cc1=O)NCCNC(=O)c1ccc(NC(=O)C2CC2)cc1. The van der Waals surface area contributed by atoms with Crippen LogP contribution in [0.25, 0.3) is 11.5 Å². The molecule has 3 amide bonds. The van der Waals surface area contributed by atoms with Crippen molar-refractivity contribution in [2.45, 2.75) is 19.4 Å². The molecule has 2 heterocycles. The molecule has 10 nitrogen and oxygen atoms in total. The number of carbonyl (C=O) groups excluding carboxylic acids is 3. The number of aromatic nitrogens is 2. The van der Waals surface area contributed by atoms with E-state index < -0.39 is 0 Å². The highest BCUT2D eigenvalue weighted by molar-refractivity contribution is 5.96. The summed E-state index contributed by atoms with van der Waals surface area (Å²) in [5.74, 6) is -0.0846. The lowest BCUT2D eigenvalue weighted by Gasteiger charge is -2.09. The van der Waals surface area contributed by atoms with Crippen molar-refractivity contribution in [3.05, 3.63) is 71.0 Å². The van der Waals surface area contributed by atoms with Gasteiger partial charge in [0.2, 0.25) is 11.8 Å². The third-order valence-electron chi connectivity index (χ3n) is 5.06. The van der Waals surface area contributed by atoms with Crippen LogP contribution in [-0.4, -0.2) is 40.4 Å². The zero-order valence-electron chi connectivity index (χ0n) is 17.7. The smallest absolute Gasteiger partial charge is 0.254 e. The Morgan fingerprint density at radius 1 is 1.06 bits per heavy atom. The minimum Gasteiger partial charge on any atom is -0.463 e. The molecule has 2 aromatic heterocycles. The first-order valence-corrected chi connectivity index (χ1v) is 10.6. The zero-order valence-corrected chi connectivity index (χ0v) is 17.7. The van der Waals surface area contributed by atoms with Crippen molar-refractivity contribution in [3.8, 4) is 11.5 Å². The second kappa shape index (κ2) is 9.94. The molecule has 0 unspecified atom stereocenters. The average molecular weight is 449 g/mol. The largest absolute Gasteiger partial charge is 0.463 e. The van der Waals surface area contributed by atoms with E-state index >= 15 is 0 Å². The van der Waals surface area contributed by atoms with Crippen LogP contribution in [0.15, 0.2) is 64.3 Å². The lowest BCUT2D eigenvalue weighted by Crippen LogP contribution is -2.37. The standard InChI is InChI=1S/C23H23N5O5/c29-20(13-28-14-26-18(12-21(28)30)19-2-1-11-33-19)24-9-10-25-22(31)15-5-7-17(8-6-15)27-23(32)16-3-4-16/h1-2,5-8,11-12,14,16H,3-4,9-10,13H2,(H,24,29)(H,25,31)(H,27,32). The van der Waals surface area contributed by atoms with Crippen molar-refractivity contribution in [2.75, 3.05) is 18.4 Å². The van der Waals surface area contributed by atoms with Crippen molar-refractivity contribution in [1.82, 2.24) is 20.2 Å². The van der Waals surface area contributed by atoms with Crippen molar-refractivity contribution in [3.63, 3.8) is 0 Å². The van der Waals surface area contributed by atoms with Crippen LogP contribution in [0, 0.1) is 5.92 Å². The molecule has 170 valence electrons. The van der Waals surface area contributed by atoms with Crippen LogP contribution in [0.2, 0.25) is 0 Å². The van der Waals surface area contributed by atoms with E-state index in [-0.39, 0.29) is 48.8 Å². The predicted octanol–water partition coefficient (Wildman–Crippen LogP) is 1.40. The number of hydrogen-bond donors (Lipinski definition) is 3. The number of anilines is 1. The fourth-order valence-corrected chi connectivity index (χ4v) is 3.09. The molecule has 4 rings (SSSR count). The van der Waals surface area contributed by atoms with Crippen LogP contribution in [0.5, 0.6) is 0 Å². The highest BCUT2D eigenvalue weighted by Crippen LogP contribution is 2.30. The summed E-state index contributed by atoms with van der Waals surface area (Å²) >= 11 is 0. The van der Waals surface area contributed by atoms with E-state index in [1.807, 2.05) is 0 Å². The molecule has 3 aromatic rings. The lowest BCUT2D eigenvalue weighted by atomic mass is 10.2. The van der Waals surface area contributed by atoms with Crippen LogP contribution >= 0.6 is 0 Å². The third kappa shape index (κ3) is 5.94. The highest BCUT2D eigenvalue weighted by atomic mass is 16.3. The number of benzene rings is 1. The summed E-state index contributed by atoms with van der Waals surface area (Å²) in [4.78, 5) is 52.4. The normalized spacial score (nSPS) is 12.7. The molecule has 1 aliphatic carbocycles. The fourth-order valence-electron chi connectivity index (χ4n) is 3.09. The quantitative estimate of drug-likeness (QED) is 0.423. The number of nitrogens with zero attached hydrogens (tertiary/aromatic N) is 2. The minimum atomic E-state index is -0.380. The Kier molecular flexibility index (Phi) is 6.63. The van der Waals surface area contributed by atoms with Gasteiger partial charge in [0.25, 0.3) is 11.5 Å². The Hall–Kier alpha value is -4.21. The van der Waals surface area contributed by atoms with Gasteiger partial charge in [-0.15, -0.1) is 0 Å². The van der Waals surface area contributed by atoms with E-state index in [2.05, 4.69) is 20.9 Å². The number of carbonyl (C=O) groups is 3. The molecule has 1 fully saturated rings. The molecule has 0 spiro atoms. The number of hydrogen-bond acceptors (Lipinski definition) is 6. The minimum absolute atomic E-state index is 0.00875. The second-order valence-corrected chi connectivity index (χ2v) is 7.66. The topological polar surface area (TPSA) is 135 Å². The molecular weight excluding hydrogens is 426 g/mol. The van der Waals surface area contributed by atoms with Gasteiger partial charge in [0.1, 0.15) is 12.2 Å². The Labute approximate surface area is 189 Å². The Morgan fingerprint density at radius 2 is 1.82 bits per heavy atom. The van der Waals surface area contributed by atoms with Gasteiger partial charge in [-0.1, -0.05) is 0 Å². The van der Waals surface area contributed by atoms with E-state index in [9.17, 15) is 19.2 Å². The maximum atomic E-state index is 12.2. The van der Waals surface area contributed by atoms with Crippen molar-refractivity contribution in [1.29, 1.82) is 0 Å². The number of rotatable bonds is 9. The summed E-state index contributed by atoms with van der Waals surface area (Å²) in [7, 11) is 0. The maximum Gasteiger partial charge on any atom is 0.254 e. The molecule has 33 heavy (non-hydrogen) atoms. The van der Waals surface area contributed by atoms with Crippen LogP contribution in [0.4, 0.5) is 5.69 Å². The van der Waals surface area contributed by atoms with Gasteiger partial charge in [0.05, 0.1) is 12.6 Å². The Morgan fingerprint density at radius 3 is 2.48 bits per heavy atom. The van der Waals surface area contributed by atoms with Crippen molar-refractivity contribution in [2.24, 2.45) is 5.92 Å². The molecule has 1 saturated carbocycles. The van der Waals surface area contributed by atoms with Gasteiger partial charge in [-0.05, 0) is 49.2 Å². The van der Waals surface area contributed by atoms with Crippen LogP contribution in [-0.2, 0) is 16.1 Å². The summed E-state index contributed by atoms with van der Waals surface area (Å²) in [5.41, 5.74) is 1.11. The molecule has 3 N–H and O–H groups in total. The summed E-state index contributed by atoms with van der Waals surface area (Å²) in [5, 5.41) is 8.17.